The Hall–Kier alpha value is -1.06. The Morgan fingerprint density at radius 1 is 1.12 bits per heavy atom. The first kappa shape index (κ1) is 10.1. The fraction of sp³-hybridized carbons (Fsp3) is 0. The number of fused-ring (bicyclic) bond motifs is 3. The Kier molecular flexibility index (Phi) is 2.19. The van der Waals surface area contributed by atoms with Crippen LogP contribution in [0.25, 0.3) is 21.9 Å². The van der Waals surface area contributed by atoms with Crippen molar-refractivity contribution in [3.63, 3.8) is 0 Å². The van der Waals surface area contributed by atoms with Gasteiger partial charge in [0.15, 0.2) is 0 Å². The van der Waals surface area contributed by atoms with Crippen molar-refractivity contribution in [2.24, 2.45) is 0 Å². The summed E-state index contributed by atoms with van der Waals surface area (Å²) in [6, 6.07) is 8.34. The average Bonchev–Trinajstić information content (AvgIpc) is 2.54. The van der Waals surface area contributed by atoms with E-state index in [9.17, 15) is 4.39 Å². The van der Waals surface area contributed by atoms with E-state index < -0.39 is 0 Å². The number of hydrogen-bond donors (Lipinski definition) is 0. The number of rotatable bonds is 0. The molecule has 1 nitrogen and oxygen atoms in total. The quantitative estimate of drug-likeness (QED) is 0.560. The van der Waals surface area contributed by atoms with Crippen LogP contribution >= 0.6 is 27.5 Å². The molecular formula is C12H5BrClFO. The highest BCUT2D eigenvalue weighted by Crippen LogP contribution is 2.34. The van der Waals surface area contributed by atoms with Crippen molar-refractivity contribution in [1.82, 2.24) is 0 Å². The topological polar surface area (TPSA) is 13.1 Å². The van der Waals surface area contributed by atoms with Crippen LogP contribution in [-0.2, 0) is 0 Å². The van der Waals surface area contributed by atoms with E-state index in [1.165, 1.54) is 6.07 Å². The molecule has 0 bridgehead atoms. The molecule has 0 spiro atoms. The van der Waals surface area contributed by atoms with Crippen molar-refractivity contribution in [2.45, 2.75) is 0 Å². The molecule has 0 radical (unpaired) electrons. The molecule has 80 valence electrons. The zero-order valence-electron chi connectivity index (χ0n) is 7.93. The third-order valence-electron chi connectivity index (χ3n) is 2.45. The maximum absolute atomic E-state index is 13.8. The molecule has 16 heavy (non-hydrogen) atoms. The van der Waals surface area contributed by atoms with E-state index >= 15 is 0 Å². The van der Waals surface area contributed by atoms with Gasteiger partial charge < -0.3 is 4.42 Å². The second-order valence-corrected chi connectivity index (χ2v) is 4.86. The maximum atomic E-state index is 13.8. The average molecular weight is 300 g/mol. The van der Waals surface area contributed by atoms with E-state index in [1.54, 1.807) is 24.3 Å². The minimum atomic E-state index is -0.301. The van der Waals surface area contributed by atoms with E-state index in [0.29, 0.717) is 26.0 Å². The first-order valence-corrected chi connectivity index (χ1v) is 5.79. The highest BCUT2D eigenvalue weighted by atomic mass is 79.9. The summed E-state index contributed by atoms with van der Waals surface area (Å²) >= 11 is 9.08. The molecule has 0 N–H and O–H groups in total. The largest absolute Gasteiger partial charge is 0.456 e. The Labute approximate surface area is 104 Å². The third-order valence-corrected chi connectivity index (χ3v) is 3.14. The summed E-state index contributed by atoms with van der Waals surface area (Å²) in [6.07, 6.45) is 0. The maximum Gasteiger partial charge on any atom is 0.139 e. The van der Waals surface area contributed by atoms with Gasteiger partial charge in [-0.15, -0.1) is 0 Å². The lowest BCUT2D eigenvalue weighted by atomic mass is 10.1. The Morgan fingerprint density at radius 3 is 2.75 bits per heavy atom. The van der Waals surface area contributed by atoms with E-state index in [2.05, 4.69) is 15.9 Å². The van der Waals surface area contributed by atoms with Gasteiger partial charge in [0, 0.05) is 20.9 Å². The van der Waals surface area contributed by atoms with Crippen LogP contribution in [0.4, 0.5) is 4.39 Å². The van der Waals surface area contributed by atoms with Crippen molar-refractivity contribution >= 4 is 49.5 Å². The lowest BCUT2D eigenvalue weighted by Gasteiger charge is -1.93. The van der Waals surface area contributed by atoms with Crippen molar-refractivity contribution < 1.29 is 8.81 Å². The summed E-state index contributed by atoms with van der Waals surface area (Å²) < 4.78 is 20.0. The van der Waals surface area contributed by atoms with Gasteiger partial charge in [-0.2, -0.15) is 0 Å². The second-order valence-electron chi connectivity index (χ2n) is 3.50. The second kappa shape index (κ2) is 3.47. The standard InChI is InChI=1S/C12H5BrClFO/c13-6-3-9(15)12-8-2-1-7(14)5-10(8)16-11(12)4-6/h1-5H. The van der Waals surface area contributed by atoms with E-state index in [-0.39, 0.29) is 5.82 Å². The zero-order chi connectivity index (χ0) is 11.3. The van der Waals surface area contributed by atoms with Gasteiger partial charge >= 0.3 is 0 Å². The predicted octanol–water partition coefficient (Wildman–Crippen LogP) is 5.14. The van der Waals surface area contributed by atoms with Gasteiger partial charge in [-0.1, -0.05) is 27.5 Å². The first-order valence-electron chi connectivity index (χ1n) is 4.62. The van der Waals surface area contributed by atoms with E-state index in [1.807, 2.05) is 0 Å². The molecule has 0 amide bonds. The minimum absolute atomic E-state index is 0.301. The molecule has 0 saturated heterocycles. The van der Waals surface area contributed by atoms with Gasteiger partial charge in [0.1, 0.15) is 17.0 Å². The molecule has 0 atom stereocenters. The van der Waals surface area contributed by atoms with Crippen LogP contribution < -0.4 is 0 Å². The summed E-state index contributed by atoms with van der Waals surface area (Å²) in [5, 5.41) is 1.81. The summed E-state index contributed by atoms with van der Waals surface area (Å²) in [4.78, 5) is 0. The SMILES string of the molecule is Fc1cc(Br)cc2oc3cc(Cl)ccc3c12. The summed E-state index contributed by atoms with van der Waals surface area (Å²) in [5.41, 5.74) is 1.11. The molecule has 0 unspecified atom stereocenters. The van der Waals surface area contributed by atoms with Gasteiger partial charge in [0.25, 0.3) is 0 Å². The third kappa shape index (κ3) is 1.43. The summed E-state index contributed by atoms with van der Waals surface area (Å²) in [5.74, 6) is -0.301. The van der Waals surface area contributed by atoms with Crippen LogP contribution in [-0.4, -0.2) is 0 Å². The Balaban J connectivity index is 2.56. The summed E-state index contributed by atoms with van der Waals surface area (Å²) in [6.45, 7) is 0. The van der Waals surface area contributed by atoms with Gasteiger partial charge in [-0.25, -0.2) is 4.39 Å². The molecular weight excluding hydrogens is 294 g/mol. The van der Waals surface area contributed by atoms with Crippen LogP contribution in [0.5, 0.6) is 0 Å². The normalized spacial score (nSPS) is 11.4. The molecule has 2 aromatic carbocycles. The first-order chi connectivity index (χ1) is 7.65. The molecule has 0 aliphatic rings. The lowest BCUT2D eigenvalue weighted by molar-refractivity contribution is 0.633. The van der Waals surface area contributed by atoms with Gasteiger partial charge in [0.05, 0.1) is 5.39 Å². The molecule has 4 heteroatoms. The highest BCUT2D eigenvalue weighted by Gasteiger charge is 2.12. The number of furan rings is 1. The highest BCUT2D eigenvalue weighted by molar-refractivity contribution is 9.10. The molecule has 1 aromatic heterocycles. The Bertz CT molecular complexity index is 705. The van der Waals surface area contributed by atoms with Gasteiger partial charge in [-0.05, 0) is 24.3 Å². The summed E-state index contributed by atoms with van der Waals surface area (Å²) in [7, 11) is 0. The lowest BCUT2D eigenvalue weighted by Crippen LogP contribution is -1.76. The predicted molar refractivity (Wildman–Crippen MR) is 66.4 cm³/mol. The van der Waals surface area contributed by atoms with E-state index in [0.717, 1.165) is 5.39 Å². The smallest absolute Gasteiger partial charge is 0.139 e. The zero-order valence-corrected chi connectivity index (χ0v) is 10.3. The minimum Gasteiger partial charge on any atom is -0.456 e. The van der Waals surface area contributed by atoms with E-state index in [4.69, 9.17) is 16.0 Å². The molecule has 3 rings (SSSR count). The fourth-order valence-corrected chi connectivity index (χ4v) is 2.37. The fourth-order valence-electron chi connectivity index (χ4n) is 1.80. The number of benzene rings is 2. The molecule has 3 aromatic rings. The van der Waals surface area contributed by atoms with Crippen LogP contribution in [0.2, 0.25) is 5.02 Å². The molecule has 0 aliphatic carbocycles. The molecule has 0 fully saturated rings. The molecule has 1 heterocycles. The monoisotopic (exact) mass is 298 g/mol. The van der Waals surface area contributed by atoms with Crippen LogP contribution in [0.1, 0.15) is 0 Å². The molecule has 0 saturated carbocycles. The van der Waals surface area contributed by atoms with Crippen molar-refractivity contribution in [3.8, 4) is 0 Å². The number of halogens is 3. The van der Waals surface area contributed by atoms with Crippen molar-refractivity contribution in [1.29, 1.82) is 0 Å². The van der Waals surface area contributed by atoms with Gasteiger partial charge in [0.2, 0.25) is 0 Å². The van der Waals surface area contributed by atoms with Crippen molar-refractivity contribution in [3.05, 3.63) is 45.6 Å². The van der Waals surface area contributed by atoms with Crippen LogP contribution in [0.15, 0.2) is 39.2 Å². The van der Waals surface area contributed by atoms with Gasteiger partial charge in [-0.3, -0.25) is 0 Å². The van der Waals surface area contributed by atoms with Crippen molar-refractivity contribution in [2.75, 3.05) is 0 Å². The number of hydrogen-bond acceptors (Lipinski definition) is 1. The van der Waals surface area contributed by atoms with Crippen LogP contribution in [0, 0.1) is 5.82 Å². The molecule has 0 aliphatic heterocycles. The van der Waals surface area contributed by atoms with Crippen LogP contribution in [0.3, 0.4) is 0 Å². The Morgan fingerprint density at radius 2 is 1.94 bits per heavy atom.